The van der Waals surface area contributed by atoms with E-state index in [-0.39, 0.29) is 24.3 Å². The second kappa shape index (κ2) is 14.7. The number of hydrogen-bond donors (Lipinski definition) is 5. The summed E-state index contributed by atoms with van der Waals surface area (Å²) in [6.07, 6.45) is -1.35. The number of hydrogen-bond acceptors (Lipinski definition) is 7. The maximum Gasteiger partial charge on any atom is 0.416 e. The highest BCUT2D eigenvalue weighted by Crippen LogP contribution is 2.31. The summed E-state index contributed by atoms with van der Waals surface area (Å²) in [5.41, 5.74) is 1.54. The molecule has 13 heteroatoms. The summed E-state index contributed by atoms with van der Waals surface area (Å²) < 4.78 is 51.0. The molecule has 0 spiro atoms. The predicted molar refractivity (Wildman–Crippen MR) is 172 cm³/mol. The van der Waals surface area contributed by atoms with Gasteiger partial charge in [0.25, 0.3) is 0 Å². The highest BCUT2D eigenvalue weighted by Gasteiger charge is 2.30. The molecule has 44 heavy (non-hydrogen) atoms. The molecule has 0 fully saturated rings. The van der Waals surface area contributed by atoms with Crippen molar-refractivity contribution in [2.45, 2.75) is 37.9 Å². The molecular weight excluding hydrogens is 593 g/mol. The number of halogens is 3. The zero-order valence-corrected chi connectivity index (χ0v) is 25.5. The normalized spacial score (nSPS) is 13.0. The topological polar surface area (TPSA) is 128 Å². The summed E-state index contributed by atoms with van der Waals surface area (Å²) in [6, 6.07) is 17.0. The number of anilines is 5. The molecular formula is C31H35F3N6O3S. The second-order valence-corrected chi connectivity index (χ2v) is 12.1. The standard InChI is InChI=1S/C29H29F3N6O3S.C2H6/c1-18(17-39)34-26-25(16-33-27(38-26)35-21-11-13-24(14-12-21)42(2,3)41)19-7-9-22(10-8-19)36-28(40)37-23-6-4-5-20(15-23)29(30,31)32;1-2/h4-16,18,39H,2,17H2,1,3H3,(H2,36,37,40)(H2,33,34,35,38);1-2H3/t18-,42?;/m1./s1. The fourth-order valence-electron chi connectivity index (χ4n) is 3.80. The Morgan fingerprint density at radius 2 is 1.59 bits per heavy atom. The fourth-order valence-corrected chi connectivity index (χ4v) is 4.51. The first-order valence-electron chi connectivity index (χ1n) is 13.6. The van der Waals surface area contributed by atoms with Crippen molar-refractivity contribution in [3.63, 3.8) is 0 Å². The lowest BCUT2D eigenvalue weighted by Gasteiger charge is -2.17. The van der Waals surface area contributed by atoms with Gasteiger partial charge >= 0.3 is 12.2 Å². The summed E-state index contributed by atoms with van der Waals surface area (Å²) in [6.45, 7) is 5.65. The largest absolute Gasteiger partial charge is 0.416 e. The first-order chi connectivity index (χ1) is 20.8. The molecule has 0 aliphatic carbocycles. The molecule has 1 heterocycles. The van der Waals surface area contributed by atoms with E-state index in [9.17, 15) is 27.3 Å². The van der Waals surface area contributed by atoms with Gasteiger partial charge in [-0.15, -0.1) is 0 Å². The average Bonchev–Trinajstić information content (AvgIpc) is 2.98. The molecule has 1 unspecified atom stereocenters. The van der Waals surface area contributed by atoms with Crippen molar-refractivity contribution in [2.24, 2.45) is 0 Å². The van der Waals surface area contributed by atoms with E-state index in [4.69, 9.17) is 0 Å². The van der Waals surface area contributed by atoms with Crippen LogP contribution in [0.5, 0.6) is 0 Å². The number of carbonyl (C=O) groups is 1. The van der Waals surface area contributed by atoms with Crippen molar-refractivity contribution >= 4 is 50.3 Å². The van der Waals surface area contributed by atoms with E-state index in [0.717, 1.165) is 12.1 Å². The van der Waals surface area contributed by atoms with Crippen LogP contribution in [0.25, 0.3) is 11.1 Å². The summed E-state index contributed by atoms with van der Waals surface area (Å²) >= 11 is 0. The number of nitrogens with one attached hydrogen (secondary N) is 4. The molecule has 2 amide bonds. The van der Waals surface area contributed by atoms with Gasteiger partial charge in [0.15, 0.2) is 0 Å². The van der Waals surface area contributed by atoms with Crippen LogP contribution in [-0.2, 0) is 15.7 Å². The lowest BCUT2D eigenvalue weighted by atomic mass is 10.1. The van der Waals surface area contributed by atoms with Crippen LogP contribution >= 0.6 is 0 Å². The van der Waals surface area contributed by atoms with Crippen molar-refractivity contribution in [3.8, 4) is 11.1 Å². The van der Waals surface area contributed by atoms with Crippen molar-refractivity contribution in [1.82, 2.24) is 9.97 Å². The number of alkyl halides is 3. The molecule has 5 N–H and O–H groups in total. The predicted octanol–water partition coefficient (Wildman–Crippen LogP) is 7.07. The van der Waals surface area contributed by atoms with Gasteiger partial charge in [0.05, 0.1) is 12.2 Å². The Bertz CT molecular complexity index is 1660. The van der Waals surface area contributed by atoms with E-state index in [1.165, 1.54) is 12.1 Å². The van der Waals surface area contributed by atoms with E-state index in [2.05, 4.69) is 37.1 Å². The first-order valence-corrected chi connectivity index (χ1v) is 15.7. The number of amides is 2. The highest BCUT2D eigenvalue weighted by atomic mass is 32.2. The summed E-state index contributed by atoms with van der Waals surface area (Å²) in [7, 11) is -2.34. The smallest absolute Gasteiger partial charge is 0.394 e. The van der Waals surface area contributed by atoms with Gasteiger partial charge in [-0.25, -0.2) is 9.78 Å². The molecule has 0 aliphatic heterocycles. The van der Waals surface area contributed by atoms with Crippen molar-refractivity contribution < 1.29 is 27.3 Å². The quantitative estimate of drug-likeness (QED) is 0.125. The third-order valence-corrected chi connectivity index (χ3v) is 7.23. The van der Waals surface area contributed by atoms with E-state index < -0.39 is 27.3 Å². The minimum absolute atomic E-state index is 0.00168. The molecule has 0 radical (unpaired) electrons. The minimum atomic E-state index is -4.52. The van der Waals surface area contributed by atoms with Crippen LogP contribution in [-0.4, -0.2) is 50.1 Å². The number of aliphatic hydroxyl groups is 1. The molecule has 1 aromatic heterocycles. The van der Waals surface area contributed by atoms with Crippen LogP contribution in [0.1, 0.15) is 26.3 Å². The summed E-state index contributed by atoms with van der Waals surface area (Å²) in [5, 5.41) is 20.8. The Kier molecular flexibility index (Phi) is 11.3. The SMILES string of the molecule is C=S(C)(=O)c1ccc(Nc2ncc(-c3ccc(NC(=O)Nc4cccc(C(F)(F)F)c4)cc3)c(N[C@H](C)CO)n2)cc1.CC. The Morgan fingerprint density at radius 1 is 0.977 bits per heavy atom. The van der Waals surface area contributed by atoms with Crippen LogP contribution in [0.3, 0.4) is 0 Å². The van der Waals surface area contributed by atoms with Crippen molar-refractivity contribution in [1.29, 1.82) is 0 Å². The van der Waals surface area contributed by atoms with Gasteiger partial charge < -0.3 is 26.4 Å². The third kappa shape index (κ3) is 9.44. The van der Waals surface area contributed by atoms with Gasteiger partial charge in [0.2, 0.25) is 5.95 Å². The van der Waals surface area contributed by atoms with Crippen molar-refractivity contribution in [3.05, 3.63) is 84.6 Å². The molecule has 4 rings (SSSR count). The maximum absolute atomic E-state index is 12.9. The molecule has 0 aliphatic rings. The molecule has 9 nitrogen and oxygen atoms in total. The van der Waals surface area contributed by atoms with Gasteiger partial charge in [0, 0.05) is 46.0 Å². The van der Waals surface area contributed by atoms with E-state index in [0.29, 0.717) is 33.2 Å². The van der Waals surface area contributed by atoms with Crippen LogP contribution < -0.4 is 21.3 Å². The van der Waals surface area contributed by atoms with E-state index in [1.54, 1.807) is 67.9 Å². The number of nitrogens with zero attached hydrogens (tertiary/aromatic N) is 2. The van der Waals surface area contributed by atoms with Crippen molar-refractivity contribution in [2.75, 3.05) is 34.1 Å². The maximum atomic E-state index is 12.9. The zero-order valence-electron chi connectivity index (χ0n) is 24.7. The Hall–Kier alpha value is -4.62. The fraction of sp³-hybridized carbons (Fsp3) is 0.226. The van der Waals surface area contributed by atoms with E-state index >= 15 is 0 Å². The summed E-state index contributed by atoms with van der Waals surface area (Å²) in [5.74, 6) is 4.42. The minimum Gasteiger partial charge on any atom is -0.394 e. The Labute approximate surface area is 255 Å². The number of carbonyl (C=O) groups excluding carboxylic acids is 1. The second-order valence-electron chi connectivity index (χ2n) is 9.57. The third-order valence-electron chi connectivity index (χ3n) is 5.96. The monoisotopic (exact) mass is 628 g/mol. The van der Waals surface area contributed by atoms with Gasteiger partial charge in [-0.2, -0.15) is 18.2 Å². The lowest BCUT2D eigenvalue weighted by Crippen LogP contribution is -2.21. The summed E-state index contributed by atoms with van der Waals surface area (Å²) in [4.78, 5) is 22.0. The number of benzene rings is 3. The van der Waals surface area contributed by atoms with Gasteiger partial charge in [-0.1, -0.05) is 32.0 Å². The molecule has 0 saturated heterocycles. The Morgan fingerprint density at radius 3 is 2.18 bits per heavy atom. The number of aromatic nitrogens is 2. The van der Waals surface area contributed by atoms with Crippen LogP contribution in [0.4, 0.5) is 46.8 Å². The van der Waals surface area contributed by atoms with Gasteiger partial charge in [-0.3, -0.25) is 4.21 Å². The average molecular weight is 629 g/mol. The first kappa shape index (κ1) is 33.9. The number of aliphatic hydroxyl groups excluding tert-OH is 1. The van der Waals surface area contributed by atoms with Gasteiger partial charge in [0.1, 0.15) is 5.82 Å². The Balaban J connectivity index is 0.00000259. The molecule has 0 saturated carbocycles. The van der Waals surface area contributed by atoms with Gasteiger partial charge in [-0.05, 0) is 82.5 Å². The van der Waals surface area contributed by atoms with Crippen LogP contribution in [0, 0.1) is 0 Å². The van der Waals surface area contributed by atoms with Crippen LogP contribution in [0.15, 0.2) is 83.9 Å². The zero-order chi connectivity index (χ0) is 32.5. The van der Waals surface area contributed by atoms with Crippen LogP contribution in [0.2, 0.25) is 0 Å². The number of rotatable bonds is 9. The van der Waals surface area contributed by atoms with E-state index in [1.807, 2.05) is 13.8 Å². The lowest BCUT2D eigenvalue weighted by molar-refractivity contribution is -0.137. The number of urea groups is 1. The molecule has 0 bridgehead atoms. The molecule has 3 aromatic carbocycles. The molecule has 234 valence electrons. The molecule has 2 atom stereocenters. The highest BCUT2D eigenvalue weighted by molar-refractivity contribution is 7.99. The molecule has 4 aromatic rings.